The second kappa shape index (κ2) is 7.26. The number of rotatable bonds is 4. The fourth-order valence-corrected chi connectivity index (χ4v) is 2.76. The molecule has 0 saturated carbocycles. The van der Waals surface area contributed by atoms with Gasteiger partial charge < -0.3 is 19.8 Å². The molecule has 0 amide bonds. The smallest absolute Gasteiger partial charge is 0.222 e. The monoisotopic (exact) mass is 367 g/mol. The van der Waals surface area contributed by atoms with E-state index < -0.39 is 6.29 Å². The van der Waals surface area contributed by atoms with Gasteiger partial charge in [-0.1, -0.05) is 6.58 Å². The van der Waals surface area contributed by atoms with E-state index in [4.69, 9.17) is 9.47 Å². The number of hydrogen-bond donors (Lipinski definition) is 2. The number of H-pyrrole nitrogens is 1. The lowest BCUT2D eigenvalue weighted by Gasteiger charge is -2.22. The number of anilines is 1. The third kappa shape index (κ3) is 3.57. The third-order valence-corrected chi connectivity index (χ3v) is 4.08. The summed E-state index contributed by atoms with van der Waals surface area (Å²) in [5.41, 5.74) is 3.56. The Morgan fingerprint density at radius 1 is 1.15 bits per heavy atom. The zero-order chi connectivity index (χ0) is 18.8. The van der Waals surface area contributed by atoms with Gasteiger partial charge in [0.1, 0.15) is 5.82 Å². The van der Waals surface area contributed by atoms with Crippen LogP contribution in [0.3, 0.4) is 0 Å². The number of aromatic nitrogens is 4. The molecule has 4 rings (SSSR count). The molecule has 138 valence electrons. The molecule has 1 aliphatic heterocycles. The molecule has 0 bridgehead atoms. The molecule has 2 N–H and O–H groups in total. The number of nitrogens with zero attached hydrogens (tertiary/aromatic N) is 3. The Morgan fingerprint density at radius 3 is 2.59 bits per heavy atom. The predicted molar refractivity (Wildman–Crippen MR) is 98.3 cm³/mol. The molecule has 0 atom stereocenters. The van der Waals surface area contributed by atoms with Gasteiger partial charge in [-0.2, -0.15) is 0 Å². The molecule has 3 heterocycles. The van der Waals surface area contributed by atoms with Crippen LogP contribution in [0.2, 0.25) is 0 Å². The first-order chi connectivity index (χ1) is 13.1. The molecule has 1 fully saturated rings. The SMILES string of the molecule is C=C1COC(c2nc(-c3ccc(F)cc3)c(-c3ccnc(NC)n3)[nH]2)OC1. The van der Waals surface area contributed by atoms with Gasteiger partial charge in [0.2, 0.25) is 12.2 Å². The Bertz CT molecular complexity index is 960. The number of imidazole rings is 1. The van der Waals surface area contributed by atoms with Gasteiger partial charge >= 0.3 is 0 Å². The van der Waals surface area contributed by atoms with E-state index in [1.807, 2.05) is 0 Å². The molecule has 0 spiro atoms. The molecule has 1 aromatic carbocycles. The first kappa shape index (κ1) is 17.3. The highest BCUT2D eigenvalue weighted by molar-refractivity contribution is 5.77. The van der Waals surface area contributed by atoms with Crippen LogP contribution in [0.4, 0.5) is 10.3 Å². The summed E-state index contributed by atoms with van der Waals surface area (Å²) in [4.78, 5) is 16.5. The quantitative estimate of drug-likeness (QED) is 0.688. The van der Waals surface area contributed by atoms with Crippen molar-refractivity contribution in [2.75, 3.05) is 25.6 Å². The van der Waals surface area contributed by atoms with Gasteiger partial charge in [0, 0.05) is 18.8 Å². The number of hydrogen-bond acceptors (Lipinski definition) is 6. The highest BCUT2D eigenvalue weighted by atomic mass is 19.1. The summed E-state index contributed by atoms with van der Waals surface area (Å²) in [6.45, 7) is 4.66. The summed E-state index contributed by atoms with van der Waals surface area (Å²) in [5.74, 6) is 0.685. The van der Waals surface area contributed by atoms with Crippen LogP contribution in [0.5, 0.6) is 0 Å². The molecular formula is C19H18FN5O2. The number of nitrogens with one attached hydrogen (secondary N) is 2. The van der Waals surface area contributed by atoms with Crippen molar-refractivity contribution in [3.8, 4) is 22.6 Å². The number of benzene rings is 1. The molecule has 0 aliphatic carbocycles. The van der Waals surface area contributed by atoms with Gasteiger partial charge in [-0.3, -0.25) is 0 Å². The fourth-order valence-electron chi connectivity index (χ4n) is 2.76. The van der Waals surface area contributed by atoms with Gasteiger partial charge in [0.25, 0.3) is 0 Å². The Balaban J connectivity index is 1.79. The molecule has 2 aromatic heterocycles. The minimum absolute atomic E-state index is 0.312. The van der Waals surface area contributed by atoms with Gasteiger partial charge in [-0.15, -0.1) is 0 Å². The van der Waals surface area contributed by atoms with Crippen molar-refractivity contribution in [1.29, 1.82) is 0 Å². The van der Waals surface area contributed by atoms with E-state index in [9.17, 15) is 4.39 Å². The second-order valence-electron chi connectivity index (χ2n) is 6.07. The maximum Gasteiger partial charge on any atom is 0.222 e. The Kier molecular flexibility index (Phi) is 4.66. The average Bonchev–Trinajstić information content (AvgIpc) is 3.14. The number of ether oxygens (including phenoxy) is 2. The van der Waals surface area contributed by atoms with Gasteiger partial charge in [0.05, 0.1) is 30.3 Å². The van der Waals surface area contributed by atoms with Crippen molar-refractivity contribution in [2.45, 2.75) is 6.29 Å². The highest BCUT2D eigenvalue weighted by Crippen LogP contribution is 2.33. The van der Waals surface area contributed by atoms with E-state index in [1.165, 1.54) is 12.1 Å². The maximum atomic E-state index is 13.4. The van der Waals surface area contributed by atoms with E-state index >= 15 is 0 Å². The van der Waals surface area contributed by atoms with Crippen LogP contribution in [0.25, 0.3) is 22.6 Å². The second-order valence-corrected chi connectivity index (χ2v) is 6.07. The van der Waals surface area contributed by atoms with Crippen LogP contribution in [0.1, 0.15) is 12.1 Å². The summed E-state index contributed by atoms with van der Waals surface area (Å²) in [7, 11) is 1.75. The lowest BCUT2D eigenvalue weighted by Crippen LogP contribution is -2.20. The first-order valence-corrected chi connectivity index (χ1v) is 8.41. The van der Waals surface area contributed by atoms with Crippen LogP contribution in [-0.4, -0.2) is 40.2 Å². The summed E-state index contributed by atoms with van der Waals surface area (Å²) in [6.07, 6.45) is 1.02. The Hall–Kier alpha value is -3.10. The minimum atomic E-state index is -0.631. The largest absolute Gasteiger partial charge is 0.357 e. The standard InChI is InChI=1S/C19H18FN5O2/c1-11-9-26-18(27-10-11)17-24-15(12-3-5-13(20)6-4-12)16(25-17)14-7-8-22-19(21-2)23-14/h3-8,18H,1,9-10H2,2H3,(H,24,25)(H,21,22,23). The molecule has 1 aliphatic rings. The van der Waals surface area contributed by atoms with E-state index in [2.05, 4.69) is 31.8 Å². The molecular weight excluding hydrogens is 349 g/mol. The van der Waals surface area contributed by atoms with Crippen LogP contribution < -0.4 is 5.32 Å². The number of halogens is 1. The molecule has 1 saturated heterocycles. The highest BCUT2D eigenvalue weighted by Gasteiger charge is 2.25. The van der Waals surface area contributed by atoms with Gasteiger partial charge in [0.15, 0.2) is 5.82 Å². The zero-order valence-electron chi connectivity index (χ0n) is 14.7. The van der Waals surface area contributed by atoms with E-state index in [0.29, 0.717) is 42.1 Å². The third-order valence-electron chi connectivity index (χ3n) is 4.08. The summed E-state index contributed by atoms with van der Waals surface area (Å²) < 4.78 is 24.7. The topological polar surface area (TPSA) is 85.0 Å². The van der Waals surface area contributed by atoms with E-state index in [0.717, 1.165) is 11.1 Å². The van der Waals surface area contributed by atoms with E-state index in [-0.39, 0.29) is 5.82 Å². The fraction of sp³-hybridized carbons (Fsp3) is 0.211. The molecule has 3 aromatic rings. The van der Waals surface area contributed by atoms with Crippen molar-refractivity contribution in [3.05, 3.63) is 60.3 Å². The molecule has 7 nitrogen and oxygen atoms in total. The van der Waals surface area contributed by atoms with Crippen LogP contribution in [-0.2, 0) is 9.47 Å². The van der Waals surface area contributed by atoms with Gasteiger partial charge in [-0.25, -0.2) is 19.3 Å². The van der Waals surface area contributed by atoms with Crippen molar-refractivity contribution in [3.63, 3.8) is 0 Å². The summed E-state index contributed by atoms with van der Waals surface area (Å²) >= 11 is 0. The minimum Gasteiger partial charge on any atom is -0.357 e. The van der Waals surface area contributed by atoms with Crippen LogP contribution >= 0.6 is 0 Å². The van der Waals surface area contributed by atoms with E-state index in [1.54, 1.807) is 31.4 Å². The lowest BCUT2D eigenvalue weighted by molar-refractivity contribution is -0.165. The Labute approximate surface area is 155 Å². The van der Waals surface area contributed by atoms with Crippen molar-refractivity contribution >= 4 is 5.95 Å². The molecule has 0 radical (unpaired) electrons. The van der Waals surface area contributed by atoms with Gasteiger partial charge in [-0.05, 0) is 35.9 Å². The predicted octanol–water partition coefficient (Wildman–Crippen LogP) is 3.32. The van der Waals surface area contributed by atoms with Crippen LogP contribution in [0, 0.1) is 5.82 Å². The first-order valence-electron chi connectivity index (χ1n) is 8.41. The van der Waals surface area contributed by atoms with Crippen molar-refractivity contribution < 1.29 is 13.9 Å². The van der Waals surface area contributed by atoms with Crippen molar-refractivity contribution in [2.24, 2.45) is 0 Å². The molecule has 8 heteroatoms. The summed E-state index contributed by atoms with van der Waals surface area (Å²) in [6, 6.07) is 7.90. The van der Waals surface area contributed by atoms with Crippen LogP contribution in [0.15, 0.2) is 48.7 Å². The average molecular weight is 367 g/mol. The molecule has 27 heavy (non-hydrogen) atoms. The molecule has 0 unspecified atom stereocenters. The zero-order valence-corrected chi connectivity index (χ0v) is 14.7. The maximum absolute atomic E-state index is 13.4. The van der Waals surface area contributed by atoms with Crippen molar-refractivity contribution in [1.82, 2.24) is 19.9 Å². The summed E-state index contributed by atoms with van der Waals surface area (Å²) in [5, 5.41) is 2.91. The number of aromatic amines is 1. The normalized spacial score (nSPS) is 15.1. The lowest BCUT2D eigenvalue weighted by atomic mass is 10.1. The Morgan fingerprint density at radius 2 is 1.89 bits per heavy atom.